The zero-order valence-electron chi connectivity index (χ0n) is 15.3. The lowest BCUT2D eigenvalue weighted by molar-refractivity contribution is 0.250. The molecule has 1 aromatic carbocycles. The summed E-state index contributed by atoms with van der Waals surface area (Å²) in [6, 6.07) is 9.63. The van der Waals surface area contributed by atoms with Crippen LogP contribution in [0.5, 0.6) is 0 Å². The number of fused-ring (bicyclic) bond motifs is 1. The first-order valence-corrected chi connectivity index (χ1v) is 9.75. The first kappa shape index (κ1) is 19.2. The van der Waals surface area contributed by atoms with Crippen LogP contribution in [-0.2, 0) is 13.6 Å². The average Bonchev–Trinajstić information content (AvgIpc) is 2.67. The molecule has 4 rings (SSSR count). The molecule has 2 aromatic heterocycles. The normalized spacial score (nSPS) is 15.4. The molecule has 3 heterocycles. The molecule has 0 spiro atoms. The smallest absolute Gasteiger partial charge is 0.252 e. The minimum atomic E-state index is -0.331. The lowest BCUT2D eigenvalue weighted by Gasteiger charge is -2.36. The molecule has 1 saturated heterocycles. The second kappa shape index (κ2) is 7.70. The van der Waals surface area contributed by atoms with Gasteiger partial charge in [0.05, 0.1) is 11.2 Å². The zero-order chi connectivity index (χ0) is 19.8. The molecule has 146 valence electrons. The molecule has 0 unspecified atom stereocenters. The van der Waals surface area contributed by atoms with Gasteiger partial charge < -0.3 is 9.47 Å². The van der Waals surface area contributed by atoms with Gasteiger partial charge in [-0.15, -0.1) is 0 Å². The highest BCUT2D eigenvalue weighted by Crippen LogP contribution is 2.26. The summed E-state index contributed by atoms with van der Waals surface area (Å²) < 4.78 is 14.8. The number of anilines is 1. The highest BCUT2D eigenvalue weighted by atomic mass is 35.5. The van der Waals surface area contributed by atoms with Crippen molar-refractivity contribution in [3.05, 3.63) is 68.3 Å². The van der Waals surface area contributed by atoms with Gasteiger partial charge in [0.2, 0.25) is 0 Å². The highest BCUT2D eigenvalue weighted by molar-refractivity contribution is 6.31. The van der Waals surface area contributed by atoms with E-state index >= 15 is 0 Å². The Kier molecular flexibility index (Phi) is 5.27. The fraction of sp³-hybridized carbons (Fsp3) is 0.300. The van der Waals surface area contributed by atoms with Crippen molar-refractivity contribution in [2.45, 2.75) is 6.54 Å². The number of halogens is 3. The Morgan fingerprint density at radius 3 is 2.54 bits per heavy atom. The molecule has 3 aromatic rings. The summed E-state index contributed by atoms with van der Waals surface area (Å²) in [6.07, 6.45) is 0. The van der Waals surface area contributed by atoms with Crippen LogP contribution in [0.3, 0.4) is 0 Å². The van der Waals surface area contributed by atoms with Gasteiger partial charge in [-0.2, -0.15) is 0 Å². The number of aromatic nitrogens is 2. The highest BCUT2D eigenvalue weighted by Gasteiger charge is 2.21. The second-order valence-corrected chi connectivity index (χ2v) is 7.72. The lowest BCUT2D eigenvalue weighted by Crippen LogP contribution is -2.46. The predicted octanol–water partition coefficient (Wildman–Crippen LogP) is 3.70. The number of nitrogens with zero attached hydrogens (tertiary/aromatic N) is 4. The van der Waals surface area contributed by atoms with E-state index in [9.17, 15) is 9.18 Å². The minimum absolute atomic E-state index is 0.0767. The van der Waals surface area contributed by atoms with Gasteiger partial charge in [0, 0.05) is 50.9 Å². The van der Waals surface area contributed by atoms with Crippen LogP contribution in [0.1, 0.15) is 5.56 Å². The van der Waals surface area contributed by atoms with Crippen LogP contribution >= 0.6 is 23.2 Å². The van der Waals surface area contributed by atoms with E-state index in [4.69, 9.17) is 23.2 Å². The Morgan fingerprint density at radius 1 is 1.07 bits per heavy atom. The molecule has 5 nitrogen and oxygen atoms in total. The van der Waals surface area contributed by atoms with Gasteiger partial charge in [-0.25, -0.2) is 9.37 Å². The van der Waals surface area contributed by atoms with Crippen molar-refractivity contribution in [1.29, 1.82) is 0 Å². The van der Waals surface area contributed by atoms with Crippen LogP contribution < -0.4 is 10.5 Å². The molecule has 1 aliphatic heterocycles. The monoisotopic (exact) mass is 420 g/mol. The van der Waals surface area contributed by atoms with Gasteiger partial charge in [-0.05, 0) is 29.8 Å². The minimum Gasteiger partial charge on any atom is -0.367 e. The number of rotatable bonds is 3. The number of hydrogen-bond acceptors (Lipinski definition) is 4. The molecule has 0 N–H and O–H groups in total. The average molecular weight is 421 g/mol. The van der Waals surface area contributed by atoms with Crippen LogP contribution in [-0.4, -0.2) is 40.6 Å². The van der Waals surface area contributed by atoms with Gasteiger partial charge >= 0.3 is 0 Å². The molecule has 28 heavy (non-hydrogen) atoms. The zero-order valence-corrected chi connectivity index (χ0v) is 16.8. The first-order valence-electron chi connectivity index (χ1n) is 9.00. The quantitative estimate of drug-likeness (QED) is 0.605. The Labute approximate surface area is 171 Å². The molecular formula is C20H19Cl2FN4O. The third-order valence-corrected chi connectivity index (χ3v) is 5.72. The van der Waals surface area contributed by atoms with E-state index in [1.165, 1.54) is 12.1 Å². The van der Waals surface area contributed by atoms with Gasteiger partial charge in [-0.3, -0.25) is 9.69 Å². The third-order valence-electron chi connectivity index (χ3n) is 5.16. The maximum Gasteiger partial charge on any atom is 0.252 e. The lowest BCUT2D eigenvalue weighted by atomic mass is 10.1. The van der Waals surface area contributed by atoms with Crippen LogP contribution in [0.4, 0.5) is 10.1 Å². The summed E-state index contributed by atoms with van der Waals surface area (Å²) in [5.41, 5.74) is 3.12. The second-order valence-electron chi connectivity index (χ2n) is 6.93. The van der Waals surface area contributed by atoms with Crippen LogP contribution in [0, 0.1) is 5.82 Å². The molecule has 0 radical (unpaired) electrons. The standard InChI is InChI=1S/C20H19Cl2FN4O/c1-25-16-4-5-18(22)24-20(16)17(11-19(25)28)27-8-6-26(7-9-27)12-13-2-3-14(23)10-15(13)21/h2-5,10-11H,6-9,12H2,1H3. The van der Waals surface area contributed by atoms with E-state index in [1.54, 1.807) is 29.8 Å². The molecule has 0 bridgehead atoms. The van der Waals surface area contributed by atoms with E-state index in [-0.39, 0.29) is 11.4 Å². The molecule has 0 saturated carbocycles. The van der Waals surface area contributed by atoms with Crippen molar-refractivity contribution in [2.24, 2.45) is 7.05 Å². The molecule has 8 heteroatoms. The summed E-state index contributed by atoms with van der Waals surface area (Å²) >= 11 is 12.2. The molecule has 0 amide bonds. The Balaban J connectivity index is 1.55. The van der Waals surface area contributed by atoms with Crippen molar-refractivity contribution in [1.82, 2.24) is 14.5 Å². The van der Waals surface area contributed by atoms with Crippen molar-refractivity contribution in [2.75, 3.05) is 31.1 Å². The molecule has 0 aliphatic carbocycles. The van der Waals surface area contributed by atoms with E-state index in [2.05, 4.69) is 14.8 Å². The topological polar surface area (TPSA) is 41.4 Å². The van der Waals surface area contributed by atoms with Gasteiger partial charge in [0.1, 0.15) is 16.5 Å². The van der Waals surface area contributed by atoms with Gasteiger partial charge in [0.15, 0.2) is 0 Å². The molecule has 0 atom stereocenters. The van der Waals surface area contributed by atoms with Crippen molar-refractivity contribution >= 4 is 39.9 Å². The van der Waals surface area contributed by atoms with Crippen LogP contribution in [0.15, 0.2) is 41.2 Å². The van der Waals surface area contributed by atoms with E-state index in [1.807, 2.05) is 6.07 Å². The summed E-state index contributed by atoms with van der Waals surface area (Å²) in [5.74, 6) is -0.331. The van der Waals surface area contributed by atoms with Gasteiger partial charge in [-0.1, -0.05) is 29.3 Å². The van der Waals surface area contributed by atoms with Crippen molar-refractivity contribution < 1.29 is 4.39 Å². The fourth-order valence-corrected chi connectivity index (χ4v) is 3.94. The van der Waals surface area contributed by atoms with E-state index < -0.39 is 0 Å². The summed E-state index contributed by atoms with van der Waals surface area (Å²) in [4.78, 5) is 21.3. The van der Waals surface area contributed by atoms with E-state index in [0.29, 0.717) is 16.7 Å². The van der Waals surface area contributed by atoms with Crippen LogP contribution in [0.2, 0.25) is 10.2 Å². The summed E-state index contributed by atoms with van der Waals surface area (Å²) in [5, 5.41) is 0.843. The van der Waals surface area contributed by atoms with Crippen molar-refractivity contribution in [3.63, 3.8) is 0 Å². The number of aryl methyl sites for hydroxylation is 1. The fourth-order valence-electron chi connectivity index (χ4n) is 3.57. The summed E-state index contributed by atoms with van der Waals surface area (Å²) in [6.45, 7) is 3.74. The van der Waals surface area contributed by atoms with Crippen LogP contribution in [0.25, 0.3) is 11.0 Å². The molecular weight excluding hydrogens is 402 g/mol. The Morgan fingerprint density at radius 2 is 1.82 bits per heavy atom. The Bertz CT molecular complexity index is 1090. The van der Waals surface area contributed by atoms with Crippen molar-refractivity contribution in [3.8, 4) is 0 Å². The largest absolute Gasteiger partial charge is 0.367 e. The predicted molar refractivity (Wildman–Crippen MR) is 111 cm³/mol. The Hall–Kier alpha value is -2.15. The third kappa shape index (κ3) is 3.72. The SMILES string of the molecule is Cn1c(=O)cc(N2CCN(Cc3ccc(F)cc3Cl)CC2)c2nc(Cl)ccc21. The number of hydrogen-bond donors (Lipinski definition) is 0. The van der Waals surface area contributed by atoms with E-state index in [0.717, 1.165) is 48.5 Å². The number of piperazine rings is 1. The maximum atomic E-state index is 13.2. The number of pyridine rings is 2. The first-order chi connectivity index (χ1) is 13.4. The maximum absolute atomic E-state index is 13.2. The molecule has 1 aliphatic rings. The van der Waals surface area contributed by atoms with Gasteiger partial charge in [0.25, 0.3) is 5.56 Å². The molecule has 1 fully saturated rings. The summed E-state index contributed by atoms with van der Waals surface area (Å²) in [7, 11) is 1.73. The number of benzene rings is 1.